The van der Waals surface area contributed by atoms with Gasteiger partial charge in [-0.15, -0.1) is 0 Å². The molecule has 2 N–H and O–H groups in total. The van der Waals surface area contributed by atoms with E-state index in [4.69, 9.17) is 28.9 Å². The van der Waals surface area contributed by atoms with Gasteiger partial charge in [-0.1, -0.05) is 0 Å². The molecule has 4 saturated heterocycles. The molecule has 0 atom stereocenters. The Hall–Kier alpha value is -8.82. The fraction of sp³-hybridized carbons (Fsp3) is 0.322. The zero-order valence-electron chi connectivity index (χ0n) is 46.6. The van der Waals surface area contributed by atoms with E-state index in [1.165, 1.54) is 36.4 Å². The summed E-state index contributed by atoms with van der Waals surface area (Å²) in [5, 5.41) is 31.4. The summed E-state index contributed by atoms with van der Waals surface area (Å²) < 4.78 is 91.8. The molecule has 0 saturated carbocycles. The topological polar surface area (TPSA) is 246 Å². The summed E-state index contributed by atoms with van der Waals surface area (Å²) >= 11 is 0. The van der Waals surface area contributed by atoms with Crippen LogP contribution in [0.2, 0.25) is 0 Å². The number of anilines is 8. The van der Waals surface area contributed by atoms with E-state index in [0.717, 1.165) is 60.8 Å². The summed E-state index contributed by atoms with van der Waals surface area (Å²) in [5.74, 6) is -0.281. The van der Waals surface area contributed by atoms with Gasteiger partial charge in [-0.2, -0.15) is 0 Å². The van der Waals surface area contributed by atoms with Crippen molar-refractivity contribution < 1.29 is 50.4 Å². The normalized spacial score (nSPS) is 15.8. The van der Waals surface area contributed by atoms with E-state index in [0.29, 0.717) is 143 Å². The number of morpholine rings is 4. The van der Waals surface area contributed by atoms with Crippen LogP contribution in [-0.2, 0) is 28.8 Å². The predicted molar refractivity (Wildman–Crippen MR) is 317 cm³/mol. The van der Waals surface area contributed by atoms with Crippen molar-refractivity contribution in [2.45, 2.75) is 18.7 Å². The summed E-state index contributed by atoms with van der Waals surface area (Å²) in [6.07, 6.45) is 4.71. The minimum atomic E-state index is -3.81. The highest BCUT2D eigenvalue weighted by Crippen LogP contribution is 2.43. The lowest BCUT2D eigenvalue weighted by Crippen LogP contribution is -2.38. The highest BCUT2D eigenvalue weighted by molar-refractivity contribution is 7.90. The highest BCUT2D eigenvalue weighted by Gasteiger charge is 2.28. The van der Waals surface area contributed by atoms with Crippen LogP contribution in [0.5, 0.6) is 0 Å². The van der Waals surface area contributed by atoms with E-state index in [2.05, 4.69) is 40.2 Å². The Labute approximate surface area is 486 Å². The third-order valence-electron chi connectivity index (χ3n) is 15.2. The maximum Gasteiger partial charge on any atom is 0.270 e. The number of sulfone groups is 1. The van der Waals surface area contributed by atoms with Crippen molar-refractivity contribution in [1.82, 2.24) is 19.9 Å². The van der Waals surface area contributed by atoms with Gasteiger partial charge in [-0.05, 0) is 73.5 Å². The largest absolute Gasteiger partial charge is 0.378 e. The molecule has 8 aromatic rings. The Morgan fingerprint density at radius 3 is 1.32 bits per heavy atom. The van der Waals surface area contributed by atoms with Gasteiger partial charge in [0.2, 0.25) is 0 Å². The number of nitro groups is 2. The van der Waals surface area contributed by atoms with Crippen LogP contribution in [0.1, 0.15) is 11.1 Å². The van der Waals surface area contributed by atoms with Crippen LogP contribution in [0.3, 0.4) is 0 Å². The van der Waals surface area contributed by atoms with Crippen molar-refractivity contribution in [1.29, 1.82) is 0 Å². The number of non-ortho nitro benzene ring substituents is 2. The van der Waals surface area contributed by atoms with Crippen molar-refractivity contribution in [2.24, 2.45) is 0 Å². The van der Waals surface area contributed by atoms with Gasteiger partial charge in [-0.3, -0.25) is 20.2 Å². The molecule has 4 fully saturated rings. The van der Waals surface area contributed by atoms with Crippen LogP contribution >= 0.6 is 0 Å². The van der Waals surface area contributed by atoms with Gasteiger partial charge in [0.25, 0.3) is 11.4 Å². The molecule has 4 aromatic carbocycles. The average molecular weight is 1190 g/mol. The van der Waals surface area contributed by atoms with Crippen molar-refractivity contribution in [3.8, 4) is 22.5 Å². The first-order chi connectivity index (χ1) is 41.0. The number of nitrogens with one attached hydrogen (secondary N) is 2. The van der Waals surface area contributed by atoms with E-state index < -0.39 is 37.1 Å². The standard InChI is InChI=1S/C30H31FN6O6S.C29H28F2N6O4/c1-19-28(34-26-17-22(35-7-11-42-12-8-35)18-32-30(26)36-9-13-43-14-10-36)23-5-3-20(31)15-25(23)33-29(19)24-16-21(37(38)39)4-6-27(24)44(2,40)41;1-18-27(22-4-2-19(30)14-25(22)33-28(18)23-15-20(37(38)39)3-5-24(23)31)34-26-16-21(35-6-10-40-11-7-35)17-32-29(26)36-8-12-41-13-9-36/h3-6,15-18H,7-14H2,1-2H3,(H,33,34);2-5,14-17H,6-13H2,1H3,(H,33,34). The number of ether oxygens (including phenoxy) is 4. The number of hydrogen-bond acceptors (Lipinski definition) is 20. The van der Waals surface area contributed by atoms with Gasteiger partial charge in [-0.25, -0.2) is 41.5 Å². The zero-order chi connectivity index (χ0) is 59.5. The second kappa shape index (κ2) is 24.8. The van der Waals surface area contributed by atoms with Crippen LogP contribution in [-0.4, -0.2) is 150 Å². The molecule has 8 heterocycles. The van der Waals surface area contributed by atoms with Gasteiger partial charge in [0, 0.05) is 117 Å². The van der Waals surface area contributed by atoms with E-state index in [1.807, 2.05) is 24.5 Å². The Kier molecular flexibility index (Phi) is 16.9. The molecule has 0 unspecified atom stereocenters. The first-order valence-corrected chi connectivity index (χ1v) is 29.4. The fourth-order valence-corrected chi connectivity index (χ4v) is 11.7. The second-order valence-electron chi connectivity index (χ2n) is 20.7. The molecule has 85 heavy (non-hydrogen) atoms. The number of nitrogens with zero attached hydrogens (tertiary/aromatic N) is 10. The number of hydrogen-bond donors (Lipinski definition) is 2. The molecule has 4 aliphatic heterocycles. The monoisotopic (exact) mass is 1180 g/mol. The number of aromatic nitrogens is 4. The molecule has 4 aliphatic rings. The van der Waals surface area contributed by atoms with Crippen molar-refractivity contribution in [3.63, 3.8) is 0 Å². The van der Waals surface area contributed by atoms with Gasteiger partial charge < -0.3 is 49.2 Å². The molecule has 0 aliphatic carbocycles. The number of nitro benzene ring substituents is 2. The molecule has 0 amide bonds. The van der Waals surface area contributed by atoms with E-state index in [9.17, 15) is 37.4 Å². The van der Waals surface area contributed by atoms with Crippen LogP contribution in [0, 0.1) is 51.5 Å². The Balaban J connectivity index is 0.000000177. The lowest BCUT2D eigenvalue weighted by molar-refractivity contribution is -0.385. The maximum atomic E-state index is 15.1. The van der Waals surface area contributed by atoms with E-state index >= 15 is 4.39 Å². The number of rotatable bonds is 13. The minimum Gasteiger partial charge on any atom is -0.378 e. The SMILES string of the molecule is Cc1c(-c2cc([N+](=O)[O-])ccc2F)nc2cc(F)ccc2c1Nc1cc(N2CCOCC2)cnc1N1CCOCC1.Cc1c(-c2cc([N+](=O)[O-])ccc2S(C)(=O)=O)nc2cc(F)ccc2c1Nc1cc(N2CCOCC2)cnc1N1CCOCC1. The van der Waals surface area contributed by atoms with Gasteiger partial charge >= 0.3 is 0 Å². The van der Waals surface area contributed by atoms with Crippen LogP contribution in [0.25, 0.3) is 44.3 Å². The van der Waals surface area contributed by atoms with Crippen LogP contribution in [0.4, 0.5) is 70.3 Å². The Morgan fingerprint density at radius 1 is 0.518 bits per heavy atom. The molecular formula is C59H59F3N12O10S. The van der Waals surface area contributed by atoms with Gasteiger partial charge in [0.05, 0.1) is 137 Å². The molecule has 12 rings (SSSR count). The minimum absolute atomic E-state index is 0.0421. The van der Waals surface area contributed by atoms with Crippen LogP contribution in [0.15, 0.2) is 102 Å². The number of halogens is 3. The zero-order valence-corrected chi connectivity index (χ0v) is 47.5. The Morgan fingerprint density at radius 2 is 0.906 bits per heavy atom. The molecule has 0 spiro atoms. The van der Waals surface area contributed by atoms with E-state index in [1.54, 1.807) is 26.0 Å². The maximum absolute atomic E-state index is 15.1. The van der Waals surface area contributed by atoms with Crippen LogP contribution < -0.4 is 30.2 Å². The molecule has 4 aromatic heterocycles. The summed E-state index contributed by atoms with van der Waals surface area (Å²) in [7, 11) is -3.81. The molecular weight excluding hydrogens is 1130 g/mol. The molecule has 22 nitrogen and oxygen atoms in total. The third-order valence-corrected chi connectivity index (χ3v) is 16.4. The predicted octanol–water partition coefficient (Wildman–Crippen LogP) is 9.68. The fourth-order valence-electron chi connectivity index (χ4n) is 10.9. The van der Waals surface area contributed by atoms with Crippen molar-refractivity contribution >= 4 is 88.8 Å². The lowest BCUT2D eigenvalue weighted by atomic mass is 10.0. The van der Waals surface area contributed by atoms with Gasteiger partial charge in [0.15, 0.2) is 21.5 Å². The highest BCUT2D eigenvalue weighted by atomic mass is 32.2. The Bertz CT molecular complexity index is 3990. The molecule has 0 bridgehead atoms. The van der Waals surface area contributed by atoms with Crippen molar-refractivity contribution in [2.75, 3.05) is 142 Å². The quantitative estimate of drug-likeness (QED) is 0.0805. The first kappa shape index (κ1) is 58.0. The number of benzene rings is 4. The second-order valence-corrected chi connectivity index (χ2v) is 22.6. The summed E-state index contributed by atoms with van der Waals surface area (Å²) in [6.45, 7) is 13.6. The first-order valence-electron chi connectivity index (χ1n) is 27.5. The third kappa shape index (κ3) is 12.5. The number of pyridine rings is 4. The van der Waals surface area contributed by atoms with E-state index in [-0.39, 0.29) is 49.8 Å². The molecule has 442 valence electrons. The summed E-state index contributed by atoms with van der Waals surface area (Å²) in [5.41, 5.74) is 5.75. The molecule has 0 radical (unpaired) electrons. The average Bonchev–Trinajstić information content (AvgIpc) is 2.74. The summed E-state index contributed by atoms with van der Waals surface area (Å²) in [6, 6.07) is 19.3. The van der Waals surface area contributed by atoms with Gasteiger partial charge in [0.1, 0.15) is 17.5 Å². The summed E-state index contributed by atoms with van der Waals surface area (Å²) in [4.78, 5) is 49.4. The smallest absolute Gasteiger partial charge is 0.270 e. The molecule has 26 heteroatoms. The lowest BCUT2D eigenvalue weighted by Gasteiger charge is -2.32. The van der Waals surface area contributed by atoms with Crippen molar-refractivity contribution in [3.05, 3.63) is 146 Å². The number of fused-ring (bicyclic) bond motifs is 2.